The summed E-state index contributed by atoms with van der Waals surface area (Å²) < 4.78 is 11.6. The van der Waals surface area contributed by atoms with Gasteiger partial charge in [0, 0.05) is 29.6 Å². The molecule has 0 spiro atoms. The molecule has 2 heterocycles. The molecule has 1 fully saturated rings. The van der Waals surface area contributed by atoms with Crippen LogP contribution in [0, 0.1) is 0 Å². The van der Waals surface area contributed by atoms with Crippen molar-refractivity contribution in [1.82, 2.24) is 4.98 Å². The van der Waals surface area contributed by atoms with E-state index in [0.717, 1.165) is 28.3 Å². The van der Waals surface area contributed by atoms with E-state index in [4.69, 9.17) is 9.47 Å². The molecule has 25 heavy (non-hydrogen) atoms. The summed E-state index contributed by atoms with van der Waals surface area (Å²) in [6.07, 6.45) is 5.11. The average Bonchev–Trinajstić information content (AvgIpc) is 3.26. The van der Waals surface area contributed by atoms with Crippen LogP contribution in [0.4, 0.5) is 5.13 Å². The van der Waals surface area contributed by atoms with Gasteiger partial charge in [0.25, 0.3) is 0 Å². The van der Waals surface area contributed by atoms with Crippen molar-refractivity contribution >= 4 is 54.2 Å². The molecule has 1 atom stereocenters. The highest BCUT2D eigenvalue weighted by atomic mass is 33.1. The first-order valence-electron chi connectivity index (χ1n) is 8.30. The molecule has 1 N–H and O–H groups in total. The quantitative estimate of drug-likeness (QED) is 0.501. The maximum Gasteiger partial charge on any atom is 0.226 e. The van der Waals surface area contributed by atoms with Crippen LogP contribution < -0.4 is 14.8 Å². The number of fused-ring (bicyclic) bond motifs is 1. The highest BCUT2D eigenvalue weighted by molar-refractivity contribution is 8.77. The van der Waals surface area contributed by atoms with Gasteiger partial charge in [0.1, 0.15) is 0 Å². The van der Waals surface area contributed by atoms with Crippen LogP contribution in [0.5, 0.6) is 11.5 Å². The summed E-state index contributed by atoms with van der Waals surface area (Å²) in [4.78, 5) is 16.6. The number of hydrogen-bond acceptors (Lipinski definition) is 7. The van der Waals surface area contributed by atoms with Gasteiger partial charge in [-0.15, -0.1) is 0 Å². The normalized spacial score (nSPS) is 17.0. The van der Waals surface area contributed by atoms with Gasteiger partial charge in [-0.2, -0.15) is 0 Å². The third-order valence-electron chi connectivity index (χ3n) is 4.05. The second kappa shape index (κ2) is 9.00. The predicted molar refractivity (Wildman–Crippen MR) is 108 cm³/mol. The van der Waals surface area contributed by atoms with Crippen molar-refractivity contribution in [2.45, 2.75) is 37.4 Å². The highest BCUT2D eigenvalue weighted by Crippen LogP contribution is 2.40. The molecule has 0 aliphatic carbocycles. The molecular weight excluding hydrogens is 376 g/mol. The summed E-state index contributed by atoms with van der Waals surface area (Å²) in [6, 6.07) is 3.72. The average molecular weight is 399 g/mol. The van der Waals surface area contributed by atoms with E-state index < -0.39 is 0 Å². The molecule has 3 rings (SSSR count). The van der Waals surface area contributed by atoms with Gasteiger partial charge in [0.05, 0.1) is 24.4 Å². The van der Waals surface area contributed by atoms with Crippen LogP contribution in [0.25, 0.3) is 10.2 Å². The molecule has 1 aromatic heterocycles. The van der Waals surface area contributed by atoms with Gasteiger partial charge in [-0.1, -0.05) is 39.3 Å². The van der Waals surface area contributed by atoms with E-state index in [0.29, 0.717) is 23.1 Å². The Kier molecular flexibility index (Phi) is 6.72. The molecule has 0 radical (unpaired) electrons. The lowest BCUT2D eigenvalue weighted by molar-refractivity contribution is -0.116. The van der Waals surface area contributed by atoms with Crippen LogP contribution in [0.2, 0.25) is 0 Å². The minimum atomic E-state index is 0.0337. The number of anilines is 1. The van der Waals surface area contributed by atoms with Gasteiger partial charge in [-0.3, -0.25) is 4.79 Å². The molecule has 1 saturated heterocycles. The fourth-order valence-electron chi connectivity index (χ4n) is 2.71. The second-order valence-electron chi connectivity index (χ2n) is 5.82. The van der Waals surface area contributed by atoms with E-state index in [1.54, 1.807) is 14.2 Å². The van der Waals surface area contributed by atoms with Gasteiger partial charge in [0.15, 0.2) is 16.6 Å². The number of unbranched alkanes of at least 4 members (excludes halogenated alkanes) is 1. The van der Waals surface area contributed by atoms with Crippen molar-refractivity contribution in [1.29, 1.82) is 0 Å². The topological polar surface area (TPSA) is 60.5 Å². The number of hydrogen-bond donors (Lipinski definition) is 1. The number of carbonyl (C=O) groups excluding carboxylic acids is 1. The molecule has 1 aliphatic heterocycles. The zero-order chi connectivity index (χ0) is 17.6. The Bertz CT molecular complexity index is 688. The summed E-state index contributed by atoms with van der Waals surface area (Å²) in [5, 5.41) is 4.32. The molecule has 1 amide bonds. The van der Waals surface area contributed by atoms with E-state index in [-0.39, 0.29) is 5.91 Å². The number of rotatable bonds is 8. The van der Waals surface area contributed by atoms with E-state index in [1.165, 1.54) is 29.9 Å². The van der Waals surface area contributed by atoms with Crippen LogP contribution in [0.15, 0.2) is 12.1 Å². The monoisotopic (exact) mass is 398 g/mol. The minimum absolute atomic E-state index is 0.0337. The molecule has 0 saturated carbocycles. The lowest BCUT2D eigenvalue weighted by atomic mass is 10.1. The zero-order valence-electron chi connectivity index (χ0n) is 14.4. The Morgan fingerprint density at radius 1 is 1.28 bits per heavy atom. The third-order valence-corrected chi connectivity index (χ3v) is 7.99. The zero-order valence-corrected chi connectivity index (χ0v) is 16.8. The second-order valence-corrected chi connectivity index (χ2v) is 9.63. The van der Waals surface area contributed by atoms with Crippen LogP contribution in [0.1, 0.15) is 32.1 Å². The highest BCUT2D eigenvalue weighted by Gasteiger charge is 2.16. The number of ether oxygens (including phenoxy) is 2. The number of methoxy groups -OCH3 is 2. The van der Waals surface area contributed by atoms with Crippen LogP contribution in [-0.2, 0) is 4.79 Å². The molecule has 2 aromatic rings. The Balaban J connectivity index is 1.52. The number of nitrogens with one attached hydrogen (secondary N) is 1. The maximum absolute atomic E-state index is 12.1. The lowest BCUT2D eigenvalue weighted by Crippen LogP contribution is -2.11. The van der Waals surface area contributed by atoms with Crippen molar-refractivity contribution in [2.24, 2.45) is 0 Å². The summed E-state index contributed by atoms with van der Waals surface area (Å²) in [6.45, 7) is 0. The number of carbonyl (C=O) groups is 1. The SMILES string of the molecule is COc1cc2nc(NC(=O)CCCC[C@@H]3CCSS3)sc2cc1OC. The largest absolute Gasteiger partial charge is 0.493 e. The Hall–Kier alpha value is -1.12. The van der Waals surface area contributed by atoms with Gasteiger partial charge < -0.3 is 14.8 Å². The van der Waals surface area contributed by atoms with Crippen LogP contribution in [0.3, 0.4) is 0 Å². The molecule has 1 aliphatic rings. The minimum Gasteiger partial charge on any atom is -0.493 e. The predicted octanol–water partition coefficient (Wildman–Crippen LogP) is 4.97. The Morgan fingerprint density at radius 3 is 2.80 bits per heavy atom. The van der Waals surface area contributed by atoms with Crippen LogP contribution >= 0.6 is 32.9 Å². The van der Waals surface area contributed by atoms with Crippen molar-refractivity contribution in [3.05, 3.63) is 12.1 Å². The molecule has 1 aromatic carbocycles. The molecule has 8 heteroatoms. The summed E-state index contributed by atoms with van der Waals surface area (Å²) in [5.74, 6) is 2.61. The third kappa shape index (κ3) is 4.95. The van der Waals surface area contributed by atoms with E-state index in [2.05, 4.69) is 10.3 Å². The molecule has 0 bridgehead atoms. The Morgan fingerprint density at radius 2 is 2.08 bits per heavy atom. The standard InChI is InChI=1S/C17H22N2O3S3/c1-21-13-9-12-15(10-14(13)22-2)24-17(18-12)19-16(20)6-4-3-5-11-7-8-23-25-11/h9-11H,3-8H2,1-2H3,(H,18,19,20)/t11-/m1/s1. The number of nitrogens with zero attached hydrogens (tertiary/aromatic N) is 1. The Labute approximate surface area is 159 Å². The van der Waals surface area contributed by atoms with Crippen molar-refractivity contribution in [3.8, 4) is 11.5 Å². The van der Waals surface area contributed by atoms with Crippen LogP contribution in [-0.4, -0.2) is 36.1 Å². The number of amides is 1. The fourth-order valence-corrected chi connectivity index (χ4v) is 6.63. The number of benzene rings is 1. The van der Waals surface area contributed by atoms with Gasteiger partial charge in [-0.05, 0) is 19.3 Å². The first-order valence-corrected chi connectivity index (χ1v) is 11.5. The van der Waals surface area contributed by atoms with Crippen molar-refractivity contribution in [3.63, 3.8) is 0 Å². The molecule has 0 unspecified atom stereocenters. The van der Waals surface area contributed by atoms with Crippen molar-refractivity contribution in [2.75, 3.05) is 25.3 Å². The first kappa shape index (κ1) is 18.7. The molecular formula is C17H22N2O3S3. The van der Waals surface area contributed by atoms with E-state index in [9.17, 15) is 4.79 Å². The number of thiazole rings is 1. The smallest absolute Gasteiger partial charge is 0.226 e. The summed E-state index contributed by atoms with van der Waals surface area (Å²) in [7, 11) is 7.17. The molecule has 5 nitrogen and oxygen atoms in total. The number of aromatic nitrogens is 1. The lowest BCUT2D eigenvalue weighted by Gasteiger charge is -2.06. The summed E-state index contributed by atoms with van der Waals surface area (Å²) >= 11 is 1.45. The summed E-state index contributed by atoms with van der Waals surface area (Å²) in [5.41, 5.74) is 0.800. The first-order chi connectivity index (χ1) is 12.2. The van der Waals surface area contributed by atoms with Crippen molar-refractivity contribution < 1.29 is 14.3 Å². The van der Waals surface area contributed by atoms with E-state index >= 15 is 0 Å². The van der Waals surface area contributed by atoms with Gasteiger partial charge in [-0.25, -0.2) is 4.98 Å². The fraction of sp³-hybridized carbons (Fsp3) is 0.529. The maximum atomic E-state index is 12.1. The van der Waals surface area contributed by atoms with Gasteiger partial charge >= 0.3 is 0 Å². The molecule has 136 valence electrons. The van der Waals surface area contributed by atoms with E-state index in [1.807, 2.05) is 33.7 Å². The van der Waals surface area contributed by atoms with Gasteiger partial charge in [0.2, 0.25) is 5.91 Å².